The highest BCUT2D eigenvalue weighted by Gasteiger charge is 2.24. The molecule has 0 spiro atoms. The minimum atomic E-state index is -0.515. The topological polar surface area (TPSA) is 111 Å². The average molecular weight is 427 g/mol. The van der Waals surface area contributed by atoms with Gasteiger partial charge in [-0.3, -0.25) is 14.8 Å². The summed E-state index contributed by atoms with van der Waals surface area (Å²) in [4.78, 5) is 43.3. The Labute approximate surface area is 178 Å². The fourth-order valence-corrected chi connectivity index (χ4v) is 4.04. The van der Waals surface area contributed by atoms with E-state index >= 15 is 0 Å². The van der Waals surface area contributed by atoms with E-state index in [-0.39, 0.29) is 35.4 Å². The summed E-state index contributed by atoms with van der Waals surface area (Å²) in [5.74, 6) is -0.853. The van der Waals surface area contributed by atoms with Crippen LogP contribution in [0.1, 0.15) is 52.3 Å². The number of carbonyl (C=O) groups is 2. The van der Waals surface area contributed by atoms with Crippen LogP contribution in [0.15, 0.2) is 35.4 Å². The lowest BCUT2D eigenvalue weighted by molar-refractivity contribution is 0.0527. The number of esters is 2. The largest absolute Gasteiger partial charge is 0.464 e. The second-order valence-corrected chi connectivity index (χ2v) is 7.45. The van der Waals surface area contributed by atoms with Crippen LogP contribution in [0.2, 0.25) is 0 Å². The van der Waals surface area contributed by atoms with Crippen LogP contribution in [0.5, 0.6) is 0 Å². The van der Waals surface area contributed by atoms with E-state index in [9.17, 15) is 14.4 Å². The Bertz CT molecular complexity index is 1150. The van der Waals surface area contributed by atoms with Gasteiger partial charge in [0, 0.05) is 44.1 Å². The second-order valence-electron chi connectivity index (χ2n) is 7.45. The molecule has 3 aromatic rings. The van der Waals surface area contributed by atoms with Crippen molar-refractivity contribution in [2.24, 2.45) is 0 Å². The normalized spacial score (nSPS) is 15.3. The zero-order valence-corrected chi connectivity index (χ0v) is 17.5. The van der Waals surface area contributed by atoms with Gasteiger partial charge in [0.1, 0.15) is 11.3 Å². The van der Waals surface area contributed by atoms with E-state index in [0.717, 1.165) is 25.9 Å². The van der Waals surface area contributed by atoms with Crippen molar-refractivity contribution in [1.29, 1.82) is 0 Å². The number of fused-ring (bicyclic) bond motifs is 1. The molecule has 1 aliphatic heterocycles. The number of ether oxygens (including phenoxy) is 2. The molecular weight excluding hydrogens is 402 g/mol. The SMILES string of the molecule is CCOC(=O)c1c[nH]n2c(=O)cc(CN3CCC(n4cccc4C(=O)OC)CC3)nc12. The molecule has 0 saturated carbocycles. The first-order valence-corrected chi connectivity index (χ1v) is 10.3. The molecule has 0 amide bonds. The Kier molecular flexibility index (Phi) is 5.90. The van der Waals surface area contributed by atoms with E-state index in [1.807, 2.05) is 16.8 Å². The van der Waals surface area contributed by atoms with Crippen molar-refractivity contribution in [3.8, 4) is 0 Å². The highest BCUT2D eigenvalue weighted by Crippen LogP contribution is 2.25. The van der Waals surface area contributed by atoms with E-state index in [2.05, 4.69) is 15.0 Å². The van der Waals surface area contributed by atoms with Crippen LogP contribution >= 0.6 is 0 Å². The minimum absolute atomic E-state index is 0.210. The molecule has 1 saturated heterocycles. The molecule has 0 radical (unpaired) electrons. The molecule has 0 bridgehead atoms. The van der Waals surface area contributed by atoms with Gasteiger partial charge >= 0.3 is 11.9 Å². The number of nitrogens with one attached hydrogen (secondary N) is 1. The highest BCUT2D eigenvalue weighted by molar-refractivity contribution is 5.95. The molecule has 1 aliphatic rings. The molecule has 1 fully saturated rings. The van der Waals surface area contributed by atoms with Gasteiger partial charge in [-0.2, -0.15) is 0 Å². The van der Waals surface area contributed by atoms with Crippen molar-refractivity contribution in [2.45, 2.75) is 32.4 Å². The predicted molar refractivity (Wildman–Crippen MR) is 111 cm³/mol. The molecular formula is C21H25N5O5. The lowest BCUT2D eigenvalue weighted by Gasteiger charge is -2.33. The van der Waals surface area contributed by atoms with Crippen molar-refractivity contribution in [1.82, 2.24) is 24.1 Å². The van der Waals surface area contributed by atoms with Crippen LogP contribution in [-0.2, 0) is 16.0 Å². The van der Waals surface area contributed by atoms with Crippen LogP contribution in [0.25, 0.3) is 5.65 Å². The third-order valence-electron chi connectivity index (χ3n) is 5.56. The summed E-state index contributed by atoms with van der Waals surface area (Å²) < 4.78 is 13.1. The second kappa shape index (κ2) is 8.76. The number of H-pyrrole nitrogens is 1. The zero-order valence-electron chi connectivity index (χ0n) is 17.5. The summed E-state index contributed by atoms with van der Waals surface area (Å²) in [5, 5.41) is 2.75. The van der Waals surface area contributed by atoms with Crippen molar-refractivity contribution < 1.29 is 19.1 Å². The Balaban J connectivity index is 1.47. The number of aromatic amines is 1. The minimum Gasteiger partial charge on any atom is -0.464 e. The molecule has 4 heterocycles. The van der Waals surface area contributed by atoms with Crippen LogP contribution in [-0.4, -0.2) is 62.8 Å². The third-order valence-corrected chi connectivity index (χ3v) is 5.56. The molecule has 3 aromatic heterocycles. The fourth-order valence-electron chi connectivity index (χ4n) is 4.04. The van der Waals surface area contributed by atoms with Gasteiger partial charge in [0.25, 0.3) is 5.56 Å². The molecule has 10 nitrogen and oxygen atoms in total. The van der Waals surface area contributed by atoms with Crippen molar-refractivity contribution in [2.75, 3.05) is 26.8 Å². The molecule has 1 N–H and O–H groups in total. The van der Waals surface area contributed by atoms with Crippen LogP contribution < -0.4 is 5.56 Å². The maximum atomic E-state index is 12.4. The third kappa shape index (κ3) is 4.11. The highest BCUT2D eigenvalue weighted by atomic mass is 16.5. The van der Waals surface area contributed by atoms with Gasteiger partial charge in [0.2, 0.25) is 0 Å². The Morgan fingerprint density at radius 1 is 1.26 bits per heavy atom. The molecule has 0 aromatic carbocycles. The first-order chi connectivity index (χ1) is 15.0. The Hall–Kier alpha value is -3.40. The maximum absolute atomic E-state index is 12.4. The predicted octanol–water partition coefficient (Wildman–Crippen LogP) is 1.62. The number of hydrogen-bond acceptors (Lipinski definition) is 7. The number of carbonyl (C=O) groups excluding carboxylic acids is 2. The van der Waals surface area contributed by atoms with Crippen LogP contribution in [0, 0.1) is 0 Å². The first kappa shape index (κ1) is 20.9. The van der Waals surface area contributed by atoms with Crippen molar-refractivity contribution >= 4 is 17.6 Å². The van der Waals surface area contributed by atoms with Gasteiger partial charge in [-0.05, 0) is 31.9 Å². The van der Waals surface area contributed by atoms with Crippen LogP contribution in [0.3, 0.4) is 0 Å². The molecule has 10 heteroatoms. The zero-order chi connectivity index (χ0) is 22.0. The molecule has 0 atom stereocenters. The van der Waals surface area contributed by atoms with E-state index in [0.29, 0.717) is 17.9 Å². The standard InChI is InChI=1S/C21H25N5O5/c1-3-31-20(28)16-12-22-26-18(27)11-14(23-19(16)26)13-24-9-6-15(7-10-24)25-8-4-5-17(25)21(29)30-2/h4-5,8,11-12,15,22H,3,6-7,9-10,13H2,1-2H3. The number of rotatable bonds is 6. The first-order valence-electron chi connectivity index (χ1n) is 10.3. The molecule has 31 heavy (non-hydrogen) atoms. The smallest absolute Gasteiger partial charge is 0.354 e. The van der Waals surface area contributed by atoms with Gasteiger partial charge in [0.05, 0.1) is 19.4 Å². The Morgan fingerprint density at radius 2 is 2.03 bits per heavy atom. The van der Waals surface area contributed by atoms with Crippen LogP contribution in [0.4, 0.5) is 0 Å². The van der Waals surface area contributed by atoms with Gasteiger partial charge < -0.3 is 14.0 Å². The molecule has 0 unspecified atom stereocenters. The lowest BCUT2D eigenvalue weighted by atomic mass is 10.0. The summed E-state index contributed by atoms with van der Waals surface area (Å²) in [7, 11) is 1.38. The maximum Gasteiger partial charge on any atom is 0.354 e. The van der Waals surface area contributed by atoms with E-state index in [1.165, 1.54) is 23.9 Å². The molecule has 0 aliphatic carbocycles. The number of aromatic nitrogens is 4. The van der Waals surface area contributed by atoms with Gasteiger partial charge in [-0.25, -0.2) is 19.1 Å². The fraction of sp³-hybridized carbons (Fsp3) is 0.429. The number of piperidine rings is 1. The average Bonchev–Trinajstić information content (AvgIpc) is 3.41. The van der Waals surface area contributed by atoms with E-state index in [1.54, 1.807) is 13.0 Å². The number of methoxy groups -OCH3 is 1. The summed E-state index contributed by atoms with van der Waals surface area (Å²) in [5.41, 5.74) is 1.39. The number of hydrogen-bond donors (Lipinski definition) is 1. The number of likely N-dealkylation sites (tertiary alicyclic amines) is 1. The van der Waals surface area contributed by atoms with Gasteiger partial charge in [-0.1, -0.05) is 0 Å². The van der Waals surface area contributed by atoms with Gasteiger partial charge in [-0.15, -0.1) is 0 Å². The molecule has 4 rings (SSSR count). The Morgan fingerprint density at radius 3 is 2.74 bits per heavy atom. The van der Waals surface area contributed by atoms with Crippen molar-refractivity contribution in [3.05, 3.63) is 57.9 Å². The lowest BCUT2D eigenvalue weighted by Crippen LogP contribution is -2.35. The summed E-state index contributed by atoms with van der Waals surface area (Å²) in [6.07, 6.45) is 5.06. The quantitative estimate of drug-likeness (QED) is 0.595. The van der Waals surface area contributed by atoms with Gasteiger partial charge in [0.15, 0.2) is 5.65 Å². The van der Waals surface area contributed by atoms with Crippen molar-refractivity contribution in [3.63, 3.8) is 0 Å². The van der Waals surface area contributed by atoms with E-state index < -0.39 is 5.97 Å². The summed E-state index contributed by atoms with van der Waals surface area (Å²) >= 11 is 0. The monoisotopic (exact) mass is 427 g/mol. The summed E-state index contributed by atoms with van der Waals surface area (Å²) in [6, 6.07) is 5.30. The summed E-state index contributed by atoms with van der Waals surface area (Å²) in [6.45, 7) is 4.06. The van der Waals surface area contributed by atoms with E-state index in [4.69, 9.17) is 9.47 Å². The number of nitrogens with zero attached hydrogens (tertiary/aromatic N) is 4. The molecule has 164 valence electrons.